The lowest BCUT2D eigenvalue weighted by molar-refractivity contribution is -0.148. The van der Waals surface area contributed by atoms with Crippen molar-refractivity contribution in [3.05, 3.63) is 0 Å². The van der Waals surface area contributed by atoms with Gasteiger partial charge in [-0.15, -0.1) is 0 Å². The van der Waals surface area contributed by atoms with E-state index in [2.05, 4.69) is 10.1 Å². The van der Waals surface area contributed by atoms with E-state index in [0.717, 1.165) is 0 Å². The summed E-state index contributed by atoms with van der Waals surface area (Å²) < 4.78 is 9.48. The third-order valence-corrected chi connectivity index (χ3v) is 2.79. The van der Waals surface area contributed by atoms with Crippen LogP contribution < -0.4 is 5.32 Å². The molecule has 0 fully saturated rings. The van der Waals surface area contributed by atoms with Gasteiger partial charge in [-0.25, -0.2) is 0 Å². The number of nitrogens with one attached hydrogen (secondary N) is 2. The first kappa shape index (κ1) is 17.3. The number of carbonyl (C=O) groups is 3. The van der Waals surface area contributed by atoms with Gasteiger partial charge in [0.2, 0.25) is 5.91 Å². The molecular formula is C11H19BN2O5. The molecule has 8 heteroatoms. The number of methoxy groups -OCH3 is 2. The maximum absolute atomic E-state index is 11.8. The molecule has 0 saturated heterocycles. The van der Waals surface area contributed by atoms with E-state index in [-0.39, 0.29) is 12.8 Å². The molecule has 1 unspecified atom stereocenters. The van der Waals surface area contributed by atoms with E-state index in [1.54, 1.807) is 0 Å². The molecule has 0 aliphatic heterocycles. The summed E-state index contributed by atoms with van der Waals surface area (Å²) in [6.45, 7) is 1.54. The van der Waals surface area contributed by atoms with Crippen molar-refractivity contribution < 1.29 is 23.9 Å². The second-order valence-electron chi connectivity index (χ2n) is 4.30. The summed E-state index contributed by atoms with van der Waals surface area (Å²) in [6.07, 6.45) is -0.0215. The van der Waals surface area contributed by atoms with Gasteiger partial charge in [0.1, 0.15) is 19.4 Å². The van der Waals surface area contributed by atoms with Crippen LogP contribution in [-0.4, -0.2) is 57.5 Å². The average Bonchev–Trinajstić information content (AvgIpc) is 2.42. The van der Waals surface area contributed by atoms with E-state index in [4.69, 9.17) is 10.1 Å². The maximum Gasteiger partial charge on any atom is 0.322 e. The van der Waals surface area contributed by atoms with Gasteiger partial charge in [-0.3, -0.25) is 14.4 Å². The zero-order valence-corrected chi connectivity index (χ0v) is 11.6. The Bertz CT molecular complexity index is 374. The van der Waals surface area contributed by atoms with E-state index in [0.29, 0.717) is 6.21 Å². The fourth-order valence-corrected chi connectivity index (χ4v) is 1.37. The van der Waals surface area contributed by atoms with E-state index < -0.39 is 29.2 Å². The molecule has 1 amide bonds. The van der Waals surface area contributed by atoms with Gasteiger partial charge in [-0.1, -0.05) is 0 Å². The fourth-order valence-electron chi connectivity index (χ4n) is 1.37. The van der Waals surface area contributed by atoms with Crippen molar-refractivity contribution >= 4 is 31.7 Å². The van der Waals surface area contributed by atoms with Crippen LogP contribution in [0.4, 0.5) is 0 Å². The van der Waals surface area contributed by atoms with Crippen molar-refractivity contribution in [2.75, 3.05) is 14.2 Å². The van der Waals surface area contributed by atoms with Gasteiger partial charge in [0, 0.05) is 13.5 Å². The molecular weight excluding hydrogens is 251 g/mol. The highest BCUT2D eigenvalue weighted by Gasteiger charge is 2.36. The molecule has 0 spiro atoms. The summed E-state index contributed by atoms with van der Waals surface area (Å²) >= 11 is 0. The van der Waals surface area contributed by atoms with Crippen LogP contribution in [0.3, 0.4) is 0 Å². The third-order valence-electron chi connectivity index (χ3n) is 2.79. The van der Waals surface area contributed by atoms with Gasteiger partial charge in [0.05, 0.1) is 13.3 Å². The van der Waals surface area contributed by atoms with Crippen LogP contribution in [0.2, 0.25) is 0 Å². The Hall–Kier alpha value is -1.70. The van der Waals surface area contributed by atoms with Crippen LogP contribution in [0.25, 0.3) is 0 Å². The lowest BCUT2D eigenvalue weighted by Gasteiger charge is -2.29. The fraction of sp³-hybridized carbons (Fsp3) is 0.636. The zero-order chi connectivity index (χ0) is 15.1. The quantitative estimate of drug-likeness (QED) is 0.322. The van der Waals surface area contributed by atoms with Crippen LogP contribution in [0.15, 0.2) is 0 Å². The molecule has 106 valence electrons. The molecule has 7 nitrogen and oxygen atoms in total. The lowest BCUT2D eigenvalue weighted by atomic mass is 9.73. The molecule has 0 bridgehead atoms. The van der Waals surface area contributed by atoms with Crippen molar-refractivity contribution in [1.29, 1.82) is 5.41 Å². The van der Waals surface area contributed by atoms with Crippen molar-refractivity contribution in [3.8, 4) is 0 Å². The number of hydrogen-bond acceptors (Lipinski definition) is 6. The van der Waals surface area contributed by atoms with E-state index >= 15 is 0 Å². The zero-order valence-electron chi connectivity index (χ0n) is 11.6. The largest absolute Gasteiger partial charge is 0.468 e. The third kappa shape index (κ3) is 5.21. The Kier molecular flexibility index (Phi) is 6.99. The maximum atomic E-state index is 11.8. The highest BCUT2D eigenvalue weighted by atomic mass is 16.5. The highest BCUT2D eigenvalue weighted by Crippen LogP contribution is 2.12. The molecule has 2 N–H and O–H groups in total. The van der Waals surface area contributed by atoms with E-state index in [1.807, 2.05) is 0 Å². The molecule has 0 heterocycles. The van der Waals surface area contributed by atoms with Gasteiger partial charge in [0.15, 0.2) is 5.78 Å². The minimum Gasteiger partial charge on any atom is -0.468 e. The molecule has 0 aliphatic carbocycles. The summed E-state index contributed by atoms with van der Waals surface area (Å²) in [4.78, 5) is 34.6. The topological polar surface area (TPSA) is 106 Å². The van der Waals surface area contributed by atoms with Gasteiger partial charge in [0.25, 0.3) is 0 Å². The minimum atomic E-state index is -1.32. The van der Waals surface area contributed by atoms with Crippen molar-refractivity contribution in [1.82, 2.24) is 5.32 Å². The number of hydrogen-bond donors (Lipinski definition) is 2. The molecule has 0 aromatic heterocycles. The highest BCUT2D eigenvalue weighted by molar-refractivity contribution is 6.30. The van der Waals surface area contributed by atoms with Gasteiger partial charge in [-0.05, 0) is 13.3 Å². The first-order valence-corrected chi connectivity index (χ1v) is 5.77. The monoisotopic (exact) mass is 270 g/mol. The first-order chi connectivity index (χ1) is 8.80. The van der Waals surface area contributed by atoms with Crippen LogP contribution >= 0.6 is 0 Å². The molecule has 0 saturated carbocycles. The SMILES string of the molecule is BC(CCC(=O)C=N)(NC(=O)[C@H](C)OC)C(=O)OC. The summed E-state index contributed by atoms with van der Waals surface area (Å²) in [6, 6.07) is 0. The van der Waals surface area contributed by atoms with Crippen LogP contribution in [0, 0.1) is 5.41 Å². The smallest absolute Gasteiger partial charge is 0.322 e. The van der Waals surface area contributed by atoms with E-state index in [9.17, 15) is 14.4 Å². The number of carbonyl (C=O) groups excluding carboxylic acids is 3. The van der Waals surface area contributed by atoms with Crippen LogP contribution in [0.1, 0.15) is 19.8 Å². The number of esters is 1. The van der Waals surface area contributed by atoms with E-state index in [1.165, 1.54) is 29.0 Å². The Morgan fingerprint density at radius 1 is 1.42 bits per heavy atom. The van der Waals surface area contributed by atoms with Gasteiger partial charge in [-0.2, -0.15) is 0 Å². The Morgan fingerprint density at radius 3 is 2.42 bits per heavy atom. The molecule has 0 radical (unpaired) electrons. The molecule has 0 aliphatic rings. The molecule has 19 heavy (non-hydrogen) atoms. The van der Waals surface area contributed by atoms with Crippen LogP contribution in [0.5, 0.6) is 0 Å². The minimum absolute atomic E-state index is 0.0310. The molecule has 0 rings (SSSR count). The predicted molar refractivity (Wildman–Crippen MR) is 70.9 cm³/mol. The first-order valence-electron chi connectivity index (χ1n) is 5.77. The number of amides is 1. The summed E-state index contributed by atoms with van der Waals surface area (Å²) in [5.41, 5.74) is -1.32. The van der Waals surface area contributed by atoms with Gasteiger partial charge >= 0.3 is 5.97 Å². The second kappa shape index (κ2) is 7.68. The Balaban J connectivity index is 4.87. The molecule has 2 atom stereocenters. The predicted octanol–water partition coefficient (Wildman–Crippen LogP) is -1.36. The standard InChI is InChI=1S/C11H19BN2O5/c1-7(18-2)9(16)14-11(12,10(17)19-3)5-4-8(15)6-13/h6-7,13H,4-5,12H2,1-3H3,(H,14,16)/t7-,11?/m0/s1. The number of rotatable bonds is 8. The summed E-state index contributed by atoms with van der Waals surface area (Å²) in [7, 11) is 4.04. The average molecular weight is 270 g/mol. The van der Waals surface area contributed by atoms with Crippen molar-refractivity contribution in [2.24, 2.45) is 0 Å². The van der Waals surface area contributed by atoms with Crippen molar-refractivity contribution in [2.45, 2.75) is 31.3 Å². The molecule has 0 aromatic rings. The normalized spacial score (nSPS) is 14.9. The summed E-state index contributed by atoms with van der Waals surface area (Å²) in [5.74, 6) is -1.55. The van der Waals surface area contributed by atoms with Crippen LogP contribution in [-0.2, 0) is 23.9 Å². The lowest BCUT2D eigenvalue weighted by Crippen LogP contribution is -2.58. The summed E-state index contributed by atoms with van der Waals surface area (Å²) in [5, 5.41) is 9.32. The number of ketones is 1. The number of Topliss-reactive ketones (excluding diaryl/α,β-unsaturated/α-hetero) is 1. The second-order valence-corrected chi connectivity index (χ2v) is 4.30. The van der Waals surface area contributed by atoms with Crippen molar-refractivity contribution in [3.63, 3.8) is 0 Å². The number of ether oxygens (including phenoxy) is 2. The molecule has 0 aromatic carbocycles. The Labute approximate surface area is 112 Å². The Morgan fingerprint density at radius 2 is 2.00 bits per heavy atom. The van der Waals surface area contributed by atoms with Gasteiger partial charge < -0.3 is 20.2 Å².